The lowest BCUT2D eigenvalue weighted by atomic mass is 9.95. The van der Waals surface area contributed by atoms with Crippen LogP contribution in [-0.2, 0) is 14.4 Å². The summed E-state index contributed by atoms with van der Waals surface area (Å²) in [5, 5.41) is 2.78. The lowest BCUT2D eigenvalue weighted by molar-refractivity contribution is -0.144. The largest absolute Gasteiger partial charge is 0.354 e. The summed E-state index contributed by atoms with van der Waals surface area (Å²) in [6.45, 7) is 6.39. The van der Waals surface area contributed by atoms with Crippen LogP contribution in [0.25, 0.3) is 0 Å². The fourth-order valence-electron chi connectivity index (χ4n) is 3.00. The van der Waals surface area contributed by atoms with E-state index in [4.69, 9.17) is 0 Å². The molecule has 2 aliphatic rings. The molecule has 0 spiro atoms. The van der Waals surface area contributed by atoms with Crippen LogP contribution in [0.1, 0.15) is 33.1 Å². The maximum atomic E-state index is 12.6. The van der Waals surface area contributed by atoms with E-state index in [1.54, 1.807) is 9.80 Å². The predicted octanol–water partition coefficient (Wildman–Crippen LogP) is 0.230. The second-order valence-electron chi connectivity index (χ2n) is 6.24. The highest BCUT2D eigenvalue weighted by atomic mass is 16.2. The molecule has 1 N–H and O–H groups in total. The molecule has 0 bridgehead atoms. The molecule has 0 aromatic heterocycles. The second-order valence-corrected chi connectivity index (χ2v) is 6.24. The van der Waals surface area contributed by atoms with Gasteiger partial charge in [-0.15, -0.1) is 0 Å². The molecule has 2 rings (SSSR count). The van der Waals surface area contributed by atoms with Crippen molar-refractivity contribution in [3.63, 3.8) is 0 Å². The molecule has 0 aromatic carbocycles. The predicted molar refractivity (Wildman–Crippen MR) is 78.3 cm³/mol. The monoisotopic (exact) mass is 295 g/mol. The Bertz CT molecular complexity index is 422. The van der Waals surface area contributed by atoms with Crippen molar-refractivity contribution < 1.29 is 14.4 Å². The first kappa shape index (κ1) is 15.8. The summed E-state index contributed by atoms with van der Waals surface area (Å²) in [6, 6.07) is 0. The van der Waals surface area contributed by atoms with Crippen molar-refractivity contribution >= 4 is 17.7 Å². The van der Waals surface area contributed by atoms with Crippen molar-refractivity contribution in [2.24, 2.45) is 11.8 Å². The van der Waals surface area contributed by atoms with Crippen LogP contribution in [0.5, 0.6) is 0 Å². The van der Waals surface area contributed by atoms with E-state index in [2.05, 4.69) is 5.32 Å². The third kappa shape index (κ3) is 3.95. The quantitative estimate of drug-likeness (QED) is 0.793. The van der Waals surface area contributed by atoms with Crippen molar-refractivity contribution in [1.82, 2.24) is 15.1 Å². The molecular formula is C15H25N3O3. The molecule has 2 heterocycles. The number of carbonyl (C=O) groups excluding carboxylic acids is 3. The van der Waals surface area contributed by atoms with Crippen LogP contribution in [0.2, 0.25) is 0 Å². The van der Waals surface area contributed by atoms with Crippen LogP contribution in [0.15, 0.2) is 0 Å². The van der Waals surface area contributed by atoms with Gasteiger partial charge in [-0.25, -0.2) is 0 Å². The number of rotatable bonds is 2. The van der Waals surface area contributed by atoms with E-state index in [0.29, 0.717) is 19.6 Å². The molecule has 0 aromatic rings. The van der Waals surface area contributed by atoms with Gasteiger partial charge in [-0.05, 0) is 19.3 Å². The lowest BCUT2D eigenvalue weighted by Gasteiger charge is -2.35. The number of nitrogens with one attached hydrogen (secondary N) is 1. The number of hydrogen-bond acceptors (Lipinski definition) is 3. The summed E-state index contributed by atoms with van der Waals surface area (Å²) in [7, 11) is 0. The number of amides is 3. The zero-order chi connectivity index (χ0) is 15.4. The van der Waals surface area contributed by atoms with E-state index in [1.165, 1.54) is 0 Å². The fraction of sp³-hybridized carbons (Fsp3) is 0.800. The van der Waals surface area contributed by atoms with Gasteiger partial charge in [0.25, 0.3) is 0 Å². The van der Waals surface area contributed by atoms with Crippen molar-refractivity contribution in [3.05, 3.63) is 0 Å². The van der Waals surface area contributed by atoms with E-state index in [9.17, 15) is 14.4 Å². The van der Waals surface area contributed by atoms with Crippen LogP contribution in [0.3, 0.4) is 0 Å². The number of nitrogens with zero attached hydrogens (tertiary/aromatic N) is 2. The number of hydrogen-bond donors (Lipinski definition) is 1. The average Bonchev–Trinajstić information content (AvgIpc) is 2.70. The highest BCUT2D eigenvalue weighted by Crippen LogP contribution is 2.21. The zero-order valence-corrected chi connectivity index (χ0v) is 12.9. The first-order valence-electron chi connectivity index (χ1n) is 7.83. The van der Waals surface area contributed by atoms with Gasteiger partial charge in [0.1, 0.15) is 0 Å². The number of piperidine rings is 1. The smallest absolute Gasteiger partial charge is 0.239 e. The number of carbonyl (C=O) groups is 3. The van der Waals surface area contributed by atoms with Crippen molar-refractivity contribution in [3.8, 4) is 0 Å². The van der Waals surface area contributed by atoms with Crippen LogP contribution >= 0.6 is 0 Å². The third-order valence-electron chi connectivity index (χ3n) is 4.15. The van der Waals surface area contributed by atoms with Gasteiger partial charge in [-0.3, -0.25) is 14.4 Å². The highest BCUT2D eigenvalue weighted by Gasteiger charge is 2.32. The minimum Gasteiger partial charge on any atom is -0.354 e. The minimum absolute atomic E-state index is 0.0216. The van der Waals surface area contributed by atoms with Crippen molar-refractivity contribution in [2.75, 3.05) is 32.7 Å². The Hall–Kier alpha value is -1.59. The Kier molecular flexibility index (Phi) is 5.20. The standard InChI is InChI=1S/C15H25N3O3/c1-11(2)14(20)17-7-3-5-12(9-17)15(21)18-8-4-6-16-13(19)10-18/h11-12H,3-10H2,1-2H3,(H,16,19). The average molecular weight is 295 g/mol. The summed E-state index contributed by atoms with van der Waals surface area (Å²) < 4.78 is 0. The molecule has 3 amide bonds. The Labute approximate surface area is 125 Å². The van der Waals surface area contributed by atoms with Gasteiger partial charge in [0, 0.05) is 32.1 Å². The lowest BCUT2D eigenvalue weighted by Crippen LogP contribution is -2.48. The molecule has 6 heteroatoms. The van der Waals surface area contributed by atoms with Crippen LogP contribution < -0.4 is 5.32 Å². The summed E-state index contributed by atoms with van der Waals surface area (Å²) in [6.07, 6.45) is 2.45. The van der Waals surface area contributed by atoms with Crippen LogP contribution in [0.4, 0.5) is 0 Å². The molecule has 1 unspecified atom stereocenters. The van der Waals surface area contributed by atoms with Crippen LogP contribution in [0, 0.1) is 11.8 Å². The van der Waals surface area contributed by atoms with Crippen molar-refractivity contribution in [2.45, 2.75) is 33.1 Å². The van der Waals surface area contributed by atoms with Crippen LogP contribution in [-0.4, -0.2) is 60.2 Å². The molecule has 0 radical (unpaired) electrons. The molecule has 118 valence electrons. The second kappa shape index (κ2) is 6.91. The zero-order valence-electron chi connectivity index (χ0n) is 12.9. The molecule has 2 fully saturated rings. The molecule has 0 aliphatic carbocycles. The Morgan fingerprint density at radius 2 is 1.90 bits per heavy atom. The van der Waals surface area contributed by atoms with Gasteiger partial charge < -0.3 is 15.1 Å². The highest BCUT2D eigenvalue weighted by molar-refractivity contribution is 5.87. The first-order valence-corrected chi connectivity index (χ1v) is 7.83. The summed E-state index contributed by atoms with van der Waals surface area (Å²) in [5.74, 6) is -0.156. The van der Waals surface area contributed by atoms with Gasteiger partial charge in [-0.1, -0.05) is 13.8 Å². The van der Waals surface area contributed by atoms with Gasteiger partial charge in [0.05, 0.1) is 12.5 Å². The fourth-order valence-corrected chi connectivity index (χ4v) is 3.00. The SMILES string of the molecule is CC(C)C(=O)N1CCCC(C(=O)N2CCCNC(=O)C2)C1. The van der Waals surface area contributed by atoms with E-state index < -0.39 is 0 Å². The minimum atomic E-state index is -0.160. The molecule has 6 nitrogen and oxygen atoms in total. The normalized spacial score (nSPS) is 23.8. The Morgan fingerprint density at radius 1 is 1.19 bits per heavy atom. The van der Waals surface area contributed by atoms with E-state index >= 15 is 0 Å². The van der Waals surface area contributed by atoms with Gasteiger partial charge in [-0.2, -0.15) is 0 Å². The molecule has 0 saturated carbocycles. The Balaban J connectivity index is 1.98. The van der Waals surface area contributed by atoms with E-state index in [-0.39, 0.29) is 36.1 Å². The van der Waals surface area contributed by atoms with Gasteiger partial charge in [0.2, 0.25) is 17.7 Å². The molecule has 1 atom stereocenters. The summed E-state index contributed by atoms with van der Waals surface area (Å²) >= 11 is 0. The first-order chi connectivity index (χ1) is 9.99. The molecule has 2 saturated heterocycles. The molecule has 21 heavy (non-hydrogen) atoms. The maximum absolute atomic E-state index is 12.6. The summed E-state index contributed by atoms with van der Waals surface area (Å²) in [4.78, 5) is 39.7. The van der Waals surface area contributed by atoms with E-state index in [1.807, 2.05) is 13.8 Å². The topological polar surface area (TPSA) is 69.7 Å². The Morgan fingerprint density at radius 3 is 2.62 bits per heavy atom. The maximum Gasteiger partial charge on any atom is 0.239 e. The molecular weight excluding hydrogens is 270 g/mol. The summed E-state index contributed by atoms with van der Waals surface area (Å²) in [5.41, 5.74) is 0. The van der Waals surface area contributed by atoms with Gasteiger partial charge >= 0.3 is 0 Å². The van der Waals surface area contributed by atoms with E-state index in [0.717, 1.165) is 25.8 Å². The third-order valence-corrected chi connectivity index (χ3v) is 4.15. The van der Waals surface area contributed by atoms with Crippen molar-refractivity contribution in [1.29, 1.82) is 0 Å². The van der Waals surface area contributed by atoms with Gasteiger partial charge in [0.15, 0.2) is 0 Å². The molecule has 2 aliphatic heterocycles. The number of likely N-dealkylation sites (tertiary alicyclic amines) is 1.